The Bertz CT molecular complexity index is 425. The van der Waals surface area contributed by atoms with Gasteiger partial charge in [-0.15, -0.1) is 0 Å². The van der Waals surface area contributed by atoms with Gasteiger partial charge in [-0.1, -0.05) is 65.5 Å². The van der Waals surface area contributed by atoms with Crippen molar-refractivity contribution in [2.24, 2.45) is 5.92 Å². The SMILES string of the molecule is CC(C)c1ccc(NCC2CCCCCC2)c(C(C)C)c1. The van der Waals surface area contributed by atoms with Crippen LogP contribution < -0.4 is 5.32 Å². The lowest BCUT2D eigenvalue weighted by atomic mass is 9.93. The van der Waals surface area contributed by atoms with E-state index in [0.717, 1.165) is 12.5 Å². The van der Waals surface area contributed by atoms with Gasteiger partial charge in [-0.2, -0.15) is 0 Å². The maximum absolute atomic E-state index is 3.76. The van der Waals surface area contributed by atoms with Crippen LogP contribution in [0.2, 0.25) is 0 Å². The molecular weight excluding hydrogens is 254 g/mol. The predicted molar refractivity (Wildman–Crippen MR) is 94.3 cm³/mol. The number of hydrogen-bond donors (Lipinski definition) is 1. The maximum atomic E-state index is 3.76. The van der Waals surface area contributed by atoms with Crippen LogP contribution in [0.5, 0.6) is 0 Å². The molecule has 1 aromatic rings. The Hall–Kier alpha value is -0.980. The van der Waals surface area contributed by atoms with Crippen molar-refractivity contribution in [1.29, 1.82) is 0 Å². The van der Waals surface area contributed by atoms with Gasteiger partial charge in [0.1, 0.15) is 0 Å². The standard InChI is InChI=1S/C20H33N/c1-15(2)18-11-12-20(19(13-18)16(3)4)21-14-17-9-7-5-6-8-10-17/h11-13,15-17,21H,5-10,14H2,1-4H3. The molecular formula is C20H33N. The predicted octanol–water partition coefficient (Wildman–Crippen LogP) is 6.32. The minimum Gasteiger partial charge on any atom is -0.385 e. The van der Waals surface area contributed by atoms with Crippen molar-refractivity contribution in [3.63, 3.8) is 0 Å². The average Bonchev–Trinajstić information content (AvgIpc) is 2.73. The largest absolute Gasteiger partial charge is 0.385 e. The third-order valence-electron chi connectivity index (χ3n) is 4.92. The fourth-order valence-corrected chi connectivity index (χ4v) is 3.40. The first-order valence-electron chi connectivity index (χ1n) is 8.95. The van der Waals surface area contributed by atoms with E-state index in [1.54, 1.807) is 0 Å². The molecule has 0 unspecified atom stereocenters. The van der Waals surface area contributed by atoms with Crippen LogP contribution in [0.15, 0.2) is 18.2 Å². The summed E-state index contributed by atoms with van der Waals surface area (Å²) < 4.78 is 0. The summed E-state index contributed by atoms with van der Waals surface area (Å²) in [6.45, 7) is 10.3. The molecule has 1 aliphatic carbocycles. The summed E-state index contributed by atoms with van der Waals surface area (Å²) in [6, 6.07) is 7.01. The highest BCUT2D eigenvalue weighted by atomic mass is 14.9. The zero-order chi connectivity index (χ0) is 15.2. The molecule has 2 rings (SSSR count). The fraction of sp³-hybridized carbons (Fsp3) is 0.700. The fourth-order valence-electron chi connectivity index (χ4n) is 3.40. The molecule has 0 radical (unpaired) electrons. The van der Waals surface area contributed by atoms with Crippen LogP contribution >= 0.6 is 0 Å². The Labute approximate surface area is 131 Å². The number of anilines is 1. The highest BCUT2D eigenvalue weighted by Gasteiger charge is 2.14. The normalized spacial score (nSPS) is 17.2. The third-order valence-corrected chi connectivity index (χ3v) is 4.92. The summed E-state index contributed by atoms with van der Waals surface area (Å²) in [6.07, 6.45) is 8.56. The van der Waals surface area contributed by atoms with Crippen molar-refractivity contribution in [2.45, 2.75) is 78.1 Å². The van der Waals surface area contributed by atoms with Gasteiger partial charge in [0.25, 0.3) is 0 Å². The van der Waals surface area contributed by atoms with Gasteiger partial charge in [0.15, 0.2) is 0 Å². The molecule has 1 saturated carbocycles. The van der Waals surface area contributed by atoms with Crippen LogP contribution in [0.25, 0.3) is 0 Å². The minimum atomic E-state index is 0.584. The molecule has 1 aliphatic rings. The van der Waals surface area contributed by atoms with Crippen molar-refractivity contribution >= 4 is 5.69 Å². The molecule has 0 aromatic heterocycles. The van der Waals surface area contributed by atoms with Crippen LogP contribution in [0.4, 0.5) is 5.69 Å². The van der Waals surface area contributed by atoms with Crippen molar-refractivity contribution < 1.29 is 0 Å². The molecule has 0 atom stereocenters. The summed E-state index contributed by atoms with van der Waals surface area (Å²) in [7, 11) is 0. The molecule has 0 amide bonds. The van der Waals surface area contributed by atoms with Gasteiger partial charge in [-0.05, 0) is 47.8 Å². The van der Waals surface area contributed by atoms with E-state index < -0.39 is 0 Å². The van der Waals surface area contributed by atoms with Crippen molar-refractivity contribution in [2.75, 3.05) is 11.9 Å². The minimum absolute atomic E-state index is 0.584. The summed E-state index contributed by atoms with van der Waals surface area (Å²) in [5, 5.41) is 3.76. The van der Waals surface area contributed by atoms with Crippen molar-refractivity contribution in [3.05, 3.63) is 29.3 Å². The molecule has 118 valence electrons. The number of nitrogens with one attached hydrogen (secondary N) is 1. The topological polar surface area (TPSA) is 12.0 Å². The van der Waals surface area contributed by atoms with E-state index in [9.17, 15) is 0 Å². The van der Waals surface area contributed by atoms with E-state index in [-0.39, 0.29) is 0 Å². The lowest BCUT2D eigenvalue weighted by Crippen LogP contribution is -2.15. The van der Waals surface area contributed by atoms with Gasteiger partial charge in [-0.3, -0.25) is 0 Å². The lowest BCUT2D eigenvalue weighted by molar-refractivity contribution is 0.483. The molecule has 1 fully saturated rings. The third kappa shape index (κ3) is 4.76. The Balaban J connectivity index is 2.04. The second-order valence-corrected chi connectivity index (χ2v) is 7.39. The molecule has 1 N–H and O–H groups in total. The number of benzene rings is 1. The van der Waals surface area contributed by atoms with Crippen LogP contribution in [0.1, 0.15) is 89.2 Å². The Morgan fingerprint density at radius 3 is 2.19 bits per heavy atom. The van der Waals surface area contributed by atoms with Gasteiger partial charge in [-0.25, -0.2) is 0 Å². The summed E-state index contributed by atoms with van der Waals surface area (Å²) in [5.41, 5.74) is 4.30. The van der Waals surface area contributed by atoms with Gasteiger partial charge >= 0.3 is 0 Å². The van der Waals surface area contributed by atoms with Gasteiger partial charge in [0.05, 0.1) is 0 Å². The van der Waals surface area contributed by atoms with E-state index in [2.05, 4.69) is 51.2 Å². The quantitative estimate of drug-likeness (QED) is 0.625. The van der Waals surface area contributed by atoms with E-state index in [4.69, 9.17) is 0 Å². The first-order chi connectivity index (χ1) is 10.1. The van der Waals surface area contributed by atoms with Crippen molar-refractivity contribution in [3.8, 4) is 0 Å². The second-order valence-electron chi connectivity index (χ2n) is 7.39. The smallest absolute Gasteiger partial charge is 0.0375 e. The Morgan fingerprint density at radius 1 is 0.952 bits per heavy atom. The summed E-state index contributed by atoms with van der Waals surface area (Å²) >= 11 is 0. The zero-order valence-electron chi connectivity index (χ0n) is 14.4. The molecule has 21 heavy (non-hydrogen) atoms. The maximum Gasteiger partial charge on any atom is 0.0375 e. The highest BCUT2D eigenvalue weighted by Crippen LogP contribution is 2.29. The number of rotatable bonds is 5. The first-order valence-corrected chi connectivity index (χ1v) is 8.95. The zero-order valence-corrected chi connectivity index (χ0v) is 14.4. The van der Waals surface area contributed by atoms with Crippen LogP contribution in [-0.4, -0.2) is 6.54 Å². The van der Waals surface area contributed by atoms with Crippen LogP contribution in [0.3, 0.4) is 0 Å². The monoisotopic (exact) mass is 287 g/mol. The van der Waals surface area contributed by atoms with Crippen LogP contribution in [0, 0.1) is 5.92 Å². The van der Waals surface area contributed by atoms with Gasteiger partial charge < -0.3 is 5.32 Å². The van der Waals surface area contributed by atoms with Gasteiger partial charge in [0, 0.05) is 12.2 Å². The first kappa shape index (κ1) is 16.4. The molecule has 0 bridgehead atoms. The molecule has 0 saturated heterocycles. The Morgan fingerprint density at radius 2 is 1.62 bits per heavy atom. The highest BCUT2D eigenvalue weighted by molar-refractivity contribution is 5.54. The molecule has 1 aromatic carbocycles. The molecule has 1 heteroatoms. The molecule has 0 aliphatic heterocycles. The molecule has 0 spiro atoms. The lowest BCUT2D eigenvalue weighted by Gasteiger charge is -2.21. The molecule has 1 nitrogen and oxygen atoms in total. The second kappa shape index (κ2) is 7.87. The average molecular weight is 287 g/mol. The van der Waals surface area contributed by atoms with E-state index in [1.807, 2.05) is 0 Å². The summed E-state index contributed by atoms with van der Waals surface area (Å²) in [5.74, 6) is 2.07. The van der Waals surface area contributed by atoms with E-state index in [1.165, 1.54) is 55.3 Å². The van der Waals surface area contributed by atoms with Gasteiger partial charge in [0.2, 0.25) is 0 Å². The molecule has 0 heterocycles. The van der Waals surface area contributed by atoms with E-state index >= 15 is 0 Å². The Kier molecular flexibility index (Phi) is 6.14. The van der Waals surface area contributed by atoms with Crippen LogP contribution in [-0.2, 0) is 0 Å². The van der Waals surface area contributed by atoms with Crippen molar-refractivity contribution in [1.82, 2.24) is 0 Å². The van der Waals surface area contributed by atoms with E-state index in [0.29, 0.717) is 11.8 Å². The summed E-state index contributed by atoms with van der Waals surface area (Å²) in [4.78, 5) is 0. The number of hydrogen-bond acceptors (Lipinski definition) is 1.